The minimum atomic E-state index is -0.287. The summed E-state index contributed by atoms with van der Waals surface area (Å²) in [5.41, 5.74) is 0.905. The van der Waals surface area contributed by atoms with Crippen LogP contribution in [0.4, 0.5) is 5.69 Å². The fourth-order valence-electron chi connectivity index (χ4n) is 1.87. The van der Waals surface area contributed by atoms with E-state index in [-0.39, 0.29) is 18.0 Å². The zero-order valence-electron chi connectivity index (χ0n) is 9.14. The molecule has 16 heavy (non-hydrogen) atoms. The Balaban J connectivity index is 2.06. The Kier molecular flexibility index (Phi) is 2.90. The third-order valence-electron chi connectivity index (χ3n) is 2.63. The lowest BCUT2D eigenvalue weighted by atomic mass is 10.3. The van der Waals surface area contributed by atoms with Crippen molar-refractivity contribution in [2.75, 3.05) is 5.32 Å². The number of likely N-dealkylation sites (tertiary alicyclic amines) is 1. The Hall–Kier alpha value is -1.84. The van der Waals surface area contributed by atoms with Gasteiger partial charge in [0.1, 0.15) is 6.17 Å². The van der Waals surface area contributed by atoms with E-state index >= 15 is 0 Å². The molecule has 1 heterocycles. The third kappa shape index (κ3) is 2.05. The van der Waals surface area contributed by atoms with Crippen LogP contribution in [-0.4, -0.2) is 22.9 Å². The second-order valence-electron chi connectivity index (χ2n) is 3.84. The van der Waals surface area contributed by atoms with Crippen molar-refractivity contribution in [3.05, 3.63) is 30.3 Å². The Morgan fingerprint density at radius 1 is 1.12 bits per heavy atom. The van der Waals surface area contributed by atoms with Crippen molar-refractivity contribution in [3.63, 3.8) is 0 Å². The van der Waals surface area contributed by atoms with Crippen LogP contribution < -0.4 is 5.32 Å². The zero-order chi connectivity index (χ0) is 11.5. The molecule has 1 unspecified atom stereocenters. The molecule has 1 aromatic rings. The van der Waals surface area contributed by atoms with Crippen LogP contribution in [-0.2, 0) is 9.59 Å². The van der Waals surface area contributed by atoms with Gasteiger partial charge in [-0.05, 0) is 19.1 Å². The number of hydrogen-bond donors (Lipinski definition) is 1. The predicted molar refractivity (Wildman–Crippen MR) is 60.6 cm³/mol. The van der Waals surface area contributed by atoms with Crippen molar-refractivity contribution in [2.45, 2.75) is 25.9 Å². The number of hydrogen-bond acceptors (Lipinski definition) is 3. The molecule has 84 valence electrons. The molecule has 1 saturated heterocycles. The molecule has 1 N–H and O–H groups in total. The highest BCUT2D eigenvalue weighted by Gasteiger charge is 2.32. The van der Waals surface area contributed by atoms with E-state index in [9.17, 15) is 9.59 Å². The van der Waals surface area contributed by atoms with Crippen LogP contribution in [0.2, 0.25) is 0 Å². The summed E-state index contributed by atoms with van der Waals surface area (Å²) in [6.07, 6.45) is 0.379. The number of imide groups is 1. The fraction of sp³-hybridized carbons (Fsp3) is 0.333. The molecule has 0 aromatic heterocycles. The van der Waals surface area contributed by atoms with Crippen LogP contribution in [0.3, 0.4) is 0 Å². The van der Waals surface area contributed by atoms with Gasteiger partial charge < -0.3 is 5.32 Å². The molecular formula is C12H14N2O2. The van der Waals surface area contributed by atoms with Crippen molar-refractivity contribution in [2.24, 2.45) is 0 Å². The van der Waals surface area contributed by atoms with Crippen molar-refractivity contribution in [1.82, 2.24) is 4.90 Å². The number of benzene rings is 1. The molecule has 2 amide bonds. The number of amides is 2. The van der Waals surface area contributed by atoms with Gasteiger partial charge in [-0.2, -0.15) is 0 Å². The van der Waals surface area contributed by atoms with Crippen molar-refractivity contribution in [3.8, 4) is 0 Å². The molecule has 0 radical (unpaired) electrons. The van der Waals surface area contributed by atoms with Gasteiger partial charge in [-0.15, -0.1) is 0 Å². The fourth-order valence-corrected chi connectivity index (χ4v) is 1.87. The summed E-state index contributed by atoms with van der Waals surface area (Å²) in [5, 5.41) is 3.13. The van der Waals surface area contributed by atoms with Gasteiger partial charge in [0.05, 0.1) is 0 Å². The van der Waals surface area contributed by atoms with Crippen LogP contribution in [0.5, 0.6) is 0 Å². The standard InChI is InChI=1S/C12H14N2O2/c1-9(13-10-5-3-2-4-6-10)14-11(15)7-8-12(14)16/h2-6,9,13H,7-8H2,1H3. The van der Waals surface area contributed by atoms with Crippen molar-refractivity contribution < 1.29 is 9.59 Å². The summed E-state index contributed by atoms with van der Waals surface area (Å²) in [7, 11) is 0. The van der Waals surface area contributed by atoms with Gasteiger partial charge in [0.2, 0.25) is 11.8 Å². The highest BCUT2D eigenvalue weighted by Crippen LogP contribution is 2.17. The van der Waals surface area contributed by atoms with Crippen molar-refractivity contribution >= 4 is 17.5 Å². The number of anilines is 1. The Morgan fingerprint density at radius 2 is 1.69 bits per heavy atom. The van der Waals surface area contributed by atoms with Gasteiger partial charge in [0.15, 0.2) is 0 Å². The minimum Gasteiger partial charge on any atom is -0.365 e. The summed E-state index contributed by atoms with van der Waals surface area (Å²) in [4.78, 5) is 24.3. The second kappa shape index (κ2) is 4.35. The van der Waals surface area contributed by atoms with Crippen molar-refractivity contribution in [1.29, 1.82) is 0 Å². The molecule has 0 aliphatic carbocycles. The van der Waals surface area contributed by atoms with E-state index in [1.807, 2.05) is 37.3 Å². The summed E-state index contributed by atoms with van der Waals surface area (Å²) in [6.45, 7) is 1.81. The van der Waals surface area contributed by atoms with Crippen LogP contribution in [0.1, 0.15) is 19.8 Å². The van der Waals surface area contributed by atoms with Gasteiger partial charge in [0, 0.05) is 18.5 Å². The van der Waals surface area contributed by atoms with E-state index in [1.54, 1.807) is 0 Å². The van der Waals surface area contributed by atoms with E-state index in [0.29, 0.717) is 12.8 Å². The number of rotatable bonds is 3. The first-order valence-corrected chi connectivity index (χ1v) is 5.35. The van der Waals surface area contributed by atoms with Gasteiger partial charge >= 0.3 is 0 Å². The number of nitrogens with one attached hydrogen (secondary N) is 1. The van der Waals surface area contributed by atoms with Gasteiger partial charge in [0.25, 0.3) is 0 Å². The quantitative estimate of drug-likeness (QED) is 0.784. The number of nitrogens with zero attached hydrogens (tertiary/aromatic N) is 1. The Bertz CT molecular complexity index is 387. The molecule has 1 fully saturated rings. The molecule has 0 spiro atoms. The van der Waals surface area contributed by atoms with Crippen LogP contribution in [0.15, 0.2) is 30.3 Å². The lowest BCUT2D eigenvalue weighted by Gasteiger charge is -2.24. The maximum Gasteiger partial charge on any atom is 0.231 e. The minimum absolute atomic E-state index is 0.0964. The molecule has 2 rings (SSSR count). The SMILES string of the molecule is CC(Nc1ccccc1)N1C(=O)CCC1=O. The normalized spacial score (nSPS) is 17.7. The molecule has 1 aromatic carbocycles. The zero-order valence-corrected chi connectivity index (χ0v) is 9.14. The summed E-state index contributed by atoms with van der Waals surface area (Å²) >= 11 is 0. The average Bonchev–Trinajstić information content (AvgIpc) is 2.60. The van der Waals surface area contributed by atoms with Gasteiger partial charge in [-0.25, -0.2) is 0 Å². The van der Waals surface area contributed by atoms with E-state index < -0.39 is 0 Å². The number of carbonyl (C=O) groups is 2. The van der Waals surface area contributed by atoms with E-state index in [0.717, 1.165) is 5.69 Å². The first-order chi connectivity index (χ1) is 7.68. The highest BCUT2D eigenvalue weighted by molar-refractivity contribution is 6.02. The lowest BCUT2D eigenvalue weighted by molar-refractivity contribution is -0.140. The molecular weight excluding hydrogens is 204 g/mol. The smallest absolute Gasteiger partial charge is 0.231 e. The first kappa shape index (κ1) is 10.7. The Morgan fingerprint density at radius 3 is 2.25 bits per heavy atom. The van der Waals surface area contributed by atoms with Gasteiger partial charge in [-0.1, -0.05) is 18.2 Å². The molecule has 1 atom stereocenters. The summed E-state index contributed by atoms with van der Waals surface area (Å²) in [6, 6.07) is 9.54. The molecule has 1 aliphatic heterocycles. The summed E-state index contributed by atoms with van der Waals surface area (Å²) < 4.78 is 0. The Labute approximate surface area is 94.2 Å². The van der Waals surface area contributed by atoms with Crippen LogP contribution in [0.25, 0.3) is 0 Å². The van der Waals surface area contributed by atoms with E-state index in [1.165, 1.54) is 4.90 Å². The summed E-state index contributed by atoms with van der Waals surface area (Å²) in [5.74, 6) is -0.193. The topological polar surface area (TPSA) is 49.4 Å². The molecule has 0 saturated carbocycles. The largest absolute Gasteiger partial charge is 0.365 e. The van der Waals surface area contributed by atoms with E-state index in [2.05, 4.69) is 5.32 Å². The number of carbonyl (C=O) groups excluding carboxylic acids is 2. The average molecular weight is 218 g/mol. The van der Waals surface area contributed by atoms with Crippen LogP contribution in [0, 0.1) is 0 Å². The molecule has 4 nitrogen and oxygen atoms in total. The lowest BCUT2D eigenvalue weighted by Crippen LogP contribution is -2.42. The van der Waals surface area contributed by atoms with E-state index in [4.69, 9.17) is 0 Å². The molecule has 1 aliphatic rings. The first-order valence-electron chi connectivity index (χ1n) is 5.35. The molecule has 4 heteroatoms. The maximum atomic E-state index is 11.5. The second-order valence-corrected chi connectivity index (χ2v) is 3.84. The van der Waals surface area contributed by atoms with Gasteiger partial charge in [-0.3, -0.25) is 14.5 Å². The highest BCUT2D eigenvalue weighted by atomic mass is 16.2. The predicted octanol–water partition coefficient (Wildman–Crippen LogP) is 1.59. The third-order valence-corrected chi connectivity index (χ3v) is 2.63. The monoisotopic (exact) mass is 218 g/mol. The molecule has 0 bridgehead atoms. The maximum absolute atomic E-state index is 11.5. The van der Waals surface area contributed by atoms with Crippen LogP contribution >= 0.6 is 0 Å². The number of para-hydroxylation sites is 1.